The molecule has 0 N–H and O–H groups in total. The number of hydrogen-bond acceptors (Lipinski definition) is 1. The Morgan fingerprint density at radius 1 is 0.722 bits per heavy atom. The lowest BCUT2D eigenvalue weighted by molar-refractivity contribution is 0.558. The highest BCUT2D eigenvalue weighted by molar-refractivity contribution is 5.65. The van der Waals surface area contributed by atoms with Gasteiger partial charge in [0, 0.05) is 17.2 Å². The second-order valence-electron chi connectivity index (χ2n) is 4.02. The molecule has 0 radical (unpaired) electrons. The Labute approximate surface area is 105 Å². The van der Waals surface area contributed by atoms with Crippen molar-refractivity contribution in [3.63, 3.8) is 0 Å². The summed E-state index contributed by atoms with van der Waals surface area (Å²) in [6, 6.07) is 20.2. The summed E-state index contributed by atoms with van der Waals surface area (Å²) in [5.74, 6) is 0.501. The van der Waals surface area contributed by atoms with Gasteiger partial charge in [0.2, 0.25) is 0 Å². The van der Waals surface area contributed by atoms with Crippen LogP contribution in [0.4, 0.5) is 4.39 Å². The predicted octanol–water partition coefficient (Wildman–Crippen LogP) is 4.75. The molecule has 0 aliphatic carbocycles. The van der Waals surface area contributed by atoms with Gasteiger partial charge in [-0.25, -0.2) is 4.39 Å². The number of hydrogen-bond donors (Lipinski definition) is 0. The first-order valence-electron chi connectivity index (χ1n) is 5.75. The highest BCUT2D eigenvalue weighted by atomic mass is 19.1. The van der Waals surface area contributed by atoms with E-state index in [9.17, 15) is 4.39 Å². The van der Waals surface area contributed by atoms with Crippen LogP contribution in [0.25, 0.3) is 22.6 Å². The Bertz CT molecular complexity index is 641. The molecule has 3 aromatic rings. The monoisotopic (exact) mass is 238 g/mol. The molecule has 1 heterocycles. The van der Waals surface area contributed by atoms with Crippen molar-refractivity contribution in [3.8, 4) is 22.6 Å². The third-order valence-corrected chi connectivity index (χ3v) is 2.78. The van der Waals surface area contributed by atoms with E-state index in [0.29, 0.717) is 5.76 Å². The van der Waals surface area contributed by atoms with Gasteiger partial charge in [-0.2, -0.15) is 0 Å². The van der Waals surface area contributed by atoms with Crippen LogP contribution in [-0.2, 0) is 0 Å². The quantitative estimate of drug-likeness (QED) is 0.627. The van der Waals surface area contributed by atoms with Crippen LogP contribution in [0.3, 0.4) is 0 Å². The summed E-state index contributed by atoms with van der Waals surface area (Å²) < 4.78 is 19.5. The van der Waals surface area contributed by atoms with Crippen molar-refractivity contribution in [3.05, 3.63) is 72.5 Å². The molecule has 0 amide bonds. The maximum Gasteiger partial charge on any atom is 0.170 e. The van der Waals surface area contributed by atoms with Crippen LogP contribution in [0.2, 0.25) is 0 Å². The Kier molecular flexibility index (Phi) is 2.69. The van der Waals surface area contributed by atoms with Gasteiger partial charge < -0.3 is 4.42 Å². The molecule has 0 spiro atoms. The predicted molar refractivity (Wildman–Crippen MR) is 69.5 cm³/mol. The highest BCUT2D eigenvalue weighted by Crippen LogP contribution is 2.31. The Morgan fingerprint density at radius 2 is 1.28 bits per heavy atom. The molecule has 1 nitrogen and oxygen atoms in total. The zero-order valence-corrected chi connectivity index (χ0v) is 9.64. The molecule has 0 aliphatic heterocycles. The minimum Gasteiger partial charge on any atom is -0.453 e. The summed E-state index contributed by atoms with van der Waals surface area (Å²) in [6.45, 7) is 0. The summed E-state index contributed by atoms with van der Waals surface area (Å²) in [7, 11) is 0. The van der Waals surface area contributed by atoms with Crippen molar-refractivity contribution < 1.29 is 8.81 Å². The largest absolute Gasteiger partial charge is 0.453 e. The number of rotatable bonds is 2. The summed E-state index contributed by atoms with van der Waals surface area (Å²) in [5.41, 5.74) is 1.62. The Hall–Kier alpha value is -2.35. The molecule has 0 saturated carbocycles. The first-order valence-corrected chi connectivity index (χ1v) is 5.75. The molecule has 0 aliphatic rings. The second kappa shape index (κ2) is 4.49. The normalized spacial score (nSPS) is 10.5. The minimum absolute atomic E-state index is 0.287. The lowest BCUT2D eigenvalue weighted by atomic mass is 10.1. The summed E-state index contributed by atoms with van der Waals surface area (Å²) in [5, 5.41) is 0. The Balaban J connectivity index is 2.07. The molecule has 0 unspecified atom stereocenters. The van der Waals surface area contributed by atoms with E-state index in [1.54, 1.807) is 0 Å². The van der Waals surface area contributed by atoms with E-state index in [1.807, 2.05) is 60.7 Å². The Morgan fingerprint density at radius 3 is 1.89 bits per heavy atom. The minimum atomic E-state index is -0.333. The molecular formula is C16H11FO. The fourth-order valence-electron chi connectivity index (χ4n) is 1.90. The number of benzene rings is 2. The molecular weight excluding hydrogens is 227 g/mol. The molecule has 88 valence electrons. The second-order valence-corrected chi connectivity index (χ2v) is 4.02. The number of furan rings is 1. The van der Waals surface area contributed by atoms with Crippen LogP contribution in [0.5, 0.6) is 0 Å². The molecule has 0 atom stereocenters. The molecule has 0 bridgehead atoms. The molecule has 1 aromatic heterocycles. The third kappa shape index (κ3) is 1.93. The number of halogens is 1. The van der Waals surface area contributed by atoms with Crippen LogP contribution >= 0.6 is 0 Å². The van der Waals surface area contributed by atoms with Crippen molar-refractivity contribution in [2.45, 2.75) is 0 Å². The highest BCUT2D eigenvalue weighted by Gasteiger charge is 2.13. The average molecular weight is 238 g/mol. The first-order chi connectivity index (χ1) is 8.84. The van der Waals surface area contributed by atoms with E-state index in [4.69, 9.17) is 4.42 Å². The van der Waals surface area contributed by atoms with E-state index in [1.165, 1.54) is 6.07 Å². The van der Waals surface area contributed by atoms with Crippen molar-refractivity contribution in [2.75, 3.05) is 0 Å². The van der Waals surface area contributed by atoms with Gasteiger partial charge in [0.1, 0.15) is 5.76 Å². The molecule has 18 heavy (non-hydrogen) atoms. The van der Waals surface area contributed by atoms with Gasteiger partial charge in [0.25, 0.3) is 0 Å². The van der Waals surface area contributed by atoms with Gasteiger partial charge in [-0.05, 0) is 0 Å². The van der Waals surface area contributed by atoms with Crippen molar-refractivity contribution >= 4 is 0 Å². The van der Waals surface area contributed by atoms with E-state index in [0.717, 1.165) is 11.1 Å². The van der Waals surface area contributed by atoms with Gasteiger partial charge in [0.05, 0.1) is 0 Å². The topological polar surface area (TPSA) is 13.1 Å². The SMILES string of the molecule is Fc1cc(-c2ccccc2)oc1-c1ccccc1. The average Bonchev–Trinajstić information content (AvgIpc) is 2.83. The smallest absolute Gasteiger partial charge is 0.170 e. The lowest BCUT2D eigenvalue weighted by Gasteiger charge is -1.97. The zero-order chi connectivity index (χ0) is 12.4. The van der Waals surface area contributed by atoms with Crippen molar-refractivity contribution in [1.29, 1.82) is 0 Å². The fourth-order valence-corrected chi connectivity index (χ4v) is 1.90. The van der Waals surface area contributed by atoms with E-state index >= 15 is 0 Å². The fraction of sp³-hybridized carbons (Fsp3) is 0. The summed E-state index contributed by atoms with van der Waals surface area (Å²) in [4.78, 5) is 0. The maximum absolute atomic E-state index is 13.9. The molecule has 3 rings (SSSR count). The van der Waals surface area contributed by atoms with Crippen molar-refractivity contribution in [1.82, 2.24) is 0 Å². The first kappa shape index (κ1) is 10.8. The van der Waals surface area contributed by atoms with Gasteiger partial charge in [-0.15, -0.1) is 0 Å². The van der Waals surface area contributed by atoms with Crippen LogP contribution in [0, 0.1) is 5.82 Å². The van der Waals surface area contributed by atoms with Crippen LogP contribution in [0.1, 0.15) is 0 Å². The van der Waals surface area contributed by atoms with Crippen LogP contribution in [0.15, 0.2) is 71.1 Å². The van der Waals surface area contributed by atoms with E-state index < -0.39 is 0 Å². The van der Waals surface area contributed by atoms with E-state index in [2.05, 4.69) is 0 Å². The van der Waals surface area contributed by atoms with Gasteiger partial charge in [-0.3, -0.25) is 0 Å². The molecule has 0 fully saturated rings. The molecule has 2 heteroatoms. The lowest BCUT2D eigenvalue weighted by Crippen LogP contribution is -1.75. The van der Waals surface area contributed by atoms with Crippen LogP contribution in [-0.4, -0.2) is 0 Å². The van der Waals surface area contributed by atoms with Crippen LogP contribution < -0.4 is 0 Å². The third-order valence-electron chi connectivity index (χ3n) is 2.78. The summed E-state index contributed by atoms with van der Waals surface area (Å²) in [6.07, 6.45) is 0. The van der Waals surface area contributed by atoms with E-state index in [-0.39, 0.29) is 11.6 Å². The van der Waals surface area contributed by atoms with Crippen molar-refractivity contribution in [2.24, 2.45) is 0 Å². The molecule has 0 saturated heterocycles. The summed E-state index contributed by atoms with van der Waals surface area (Å²) >= 11 is 0. The maximum atomic E-state index is 13.9. The molecule has 2 aromatic carbocycles. The van der Waals surface area contributed by atoms with Gasteiger partial charge in [-0.1, -0.05) is 60.7 Å². The zero-order valence-electron chi connectivity index (χ0n) is 9.64. The van der Waals surface area contributed by atoms with Gasteiger partial charge >= 0.3 is 0 Å². The van der Waals surface area contributed by atoms with Gasteiger partial charge in [0.15, 0.2) is 11.6 Å². The standard InChI is InChI=1S/C16H11FO/c17-14-11-15(12-7-3-1-4-8-12)18-16(14)13-9-5-2-6-10-13/h1-11H.